The molecule has 0 N–H and O–H groups in total. The van der Waals surface area contributed by atoms with Crippen LogP contribution >= 0.6 is 0 Å². The maximum atomic E-state index is 13.0. The van der Waals surface area contributed by atoms with Gasteiger partial charge in [-0.25, -0.2) is 4.39 Å². The lowest BCUT2D eigenvalue weighted by molar-refractivity contribution is -0.140. The number of carbonyl (C=O) groups excluding carboxylic acids is 1. The molecular weight excluding hydrogens is 183 g/mol. The molecule has 0 spiro atoms. The number of ether oxygens (including phenoxy) is 1. The van der Waals surface area contributed by atoms with Crippen LogP contribution in [0.1, 0.15) is 12.0 Å². The fourth-order valence-electron chi connectivity index (χ4n) is 2.27. The molecule has 3 heteroatoms. The lowest BCUT2D eigenvalue weighted by Crippen LogP contribution is -2.11. The van der Waals surface area contributed by atoms with E-state index in [0.29, 0.717) is 6.61 Å². The average molecular weight is 192 g/mol. The SMILES string of the molecule is O=C1OC[C@@]2(c3cccc(F)c3)CC12. The minimum atomic E-state index is -0.248. The van der Waals surface area contributed by atoms with Crippen molar-refractivity contribution < 1.29 is 13.9 Å². The van der Waals surface area contributed by atoms with E-state index in [1.165, 1.54) is 12.1 Å². The molecule has 2 nitrogen and oxygen atoms in total. The Morgan fingerprint density at radius 3 is 2.93 bits per heavy atom. The molecule has 1 aliphatic carbocycles. The molecule has 1 heterocycles. The van der Waals surface area contributed by atoms with Gasteiger partial charge in [-0.2, -0.15) is 0 Å². The van der Waals surface area contributed by atoms with Gasteiger partial charge >= 0.3 is 5.97 Å². The van der Waals surface area contributed by atoms with Crippen LogP contribution in [0.15, 0.2) is 24.3 Å². The summed E-state index contributed by atoms with van der Waals surface area (Å²) in [6.45, 7) is 0.417. The van der Waals surface area contributed by atoms with Gasteiger partial charge < -0.3 is 4.74 Å². The van der Waals surface area contributed by atoms with Gasteiger partial charge in [0.15, 0.2) is 0 Å². The van der Waals surface area contributed by atoms with Crippen LogP contribution in [0.2, 0.25) is 0 Å². The second kappa shape index (κ2) is 2.35. The summed E-state index contributed by atoms with van der Waals surface area (Å²) < 4.78 is 17.9. The molecule has 14 heavy (non-hydrogen) atoms. The van der Waals surface area contributed by atoms with Gasteiger partial charge in [0.1, 0.15) is 12.4 Å². The van der Waals surface area contributed by atoms with E-state index < -0.39 is 0 Å². The number of carbonyl (C=O) groups is 1. The first-order valence-electron chi connectivity index (χ1n) is 4.65. The van der Waals surface area contributed by atoms with Crippen molar-refractivity contribution in [1.29, 1.82) is 0 Å². The van der Waals surface area contributed by atoms with Gasteiger partial charge in [0, 0.05) is 5.41 Å². The average Bonchev–Trinajstić information content (AvgIpc) is 2.83. The van der Waals surface area contributed by atoms with Crippen molar-refractivity contribution in [3.8, 4) is 0 Å². The van der Waals surface area contributed by atoms with Gasteiger partial charge in [0.2, 0.25) is 0 Å². The lowest BCUT2D eigenvalue weighted by Gasteiger charge is -2.09. The third-order valence-corrected chi connectivity index (χ3v) is 3.23. The van der Waals surface area contributed by atoms with E-state index in [1.807, 2.05) is 6.07 Å². The maximum Gasteiger partial charge on any atom is 0.310 e. The van der Waals surface area contributed by atoms with E-state index in [-0.39, 0.29) is 23.1 Å². The van der Waals surface area contributed by atoms with E-state index in [4.69, 9.17) is 4.74 Å². The van der Waals surface area contributed by atoms with Gasteiger partial charge in [0.25, 0.3) is 0 Å². The van der Waals surface area contributed by atoms with E-state index >= 15 is 0 Å². The van der Waals surface area contributed by atoms with E-state index in [9.17, 15) is 9.18 Å². The summed E-state index contributed by atoms with van der Waals surface area (Å²) in [4.78, 5) is 11.2. The molecule has 3 rings (SSSR count). The number of rotatable bonds is 1. The first-order valence-corrected chi connectivity index (χ1v) is 4.65. The number of fused-ring (bicyclic) bond motifs is 1. The van der Waals surface area contributed by atoms with Crippen molar-refractivity contribution >= 4 is 5.97 Å². The van der Waals surface area contributed by atoms with Crippen LogP contribution in [0.4, 0.5) is 4.39 Å². The third kappa shape index (κ3) is 0.870. The highest BCUT2D eigenvalue weighted by Crippen LogP contribution is 2.58. The van der Waals surface area contributed by atoms with Crippen molar-refractivity contribution in [2.75, 3.05) is 6.61 Å². The van der Waals surface area contributed by atoms with E-state index in [0.717, 1.165) is 12.0 Å². The Morgan fingerprint density at radius 2 is 2.36 bits per heavy atom. The van der Waals surface area contributed by atoms with Crippen molar-refractivity contribution in [3.05, 3.63) is 35.6 Å². The second-order valence-electron chi connectivity index (χ2n) is 4.03. The van der Waals surface area contributed by atoms with Gasteiger partial charge in [-0.15, -0.1) is 0 Å². The molecule has 1 saturated carbocycles. The molecule has 1 saturated heterocycles. The summed E-state index contributed by atoms with van der Waals surface area (Å²) >= 11 is 0. The van der Waals surface area contributed by atoms with Crippen LogP contribution in [0, 0.1) is 11.7 Å². The van der Waals surface area contributed by atoms with Gasteiger partial charge in [0.05, 0.1) is 5.92 Å². The Bertz CT molecular complexity index is 416. The maximum absolute atomic E-state index is 13.0. The minimum absolute atomic E-state index is 0.0238. The zero-order valence-corrected chi connectivity index (χ0v) is 7.50. The molecule has 0 radical (unpaired) electrons. The summed E-state index contributed by atoms with van der Waals surface area (Å²) in [5.74, 6) is -0.402. The lowest BCUT2D eigenvalue weighted by atomic mass is 9.95. The van der Waals surface area contributed by atoms with E-state index in [2.05, 4.69) is 0 Å². The Morgan fingerprint density at radius 1 is 1.50 bits per heavy atom. The quantitative estimate of drug-likeness (QED) is 0.632. The van der Waals surface area contributed by atoms with Crippen molar-refractivity contribution in [3.63, 3.8) is 0 Å². The highest BCUT2D eigenvalue weighted by molar-refractivity contribution is 5.82. The largest absolute Gasteiger partial charge is 0.464 e. The molecule has 1 aliphatic heterocycles. The van der Waals surface area contributed by atoms with Crippen LogP contribution < -0.4 is 0 Å². The van der Waals surface area contributed by atoms with Crippen LogP contribution in [0.25, 0.3) is 0 Å². The minimum Gasteiger partial charge on any atom is -0.464 e. The monoisotopic (exact) mass is 192 g/mol. The Labute approximate surface area is 80.7 Å². The molecule has 1 aromatic carbocycles. The molecule has 72 valence electrons. The molecule has 0 amide bonds. The standard InChI is InChI=1S/C11H9FO2/c12-8-3-1-2-7(4-8)11-5-9(11)10(13)14-6-11/h1-4,9H,5-6H2/t9?,11-/m1/s1. The molecule has 2 atom stereocenters. The number of halogens is 1. The summed E-state index contributed by atoms with van der Waals surface area (Å²) in [6, 6.07) is 6.46. The van der Waals surface area contributed by atoms with Crippen LogP contribution in [0.3, 0.4) is 0 Å². The molecule has 0 bridgehead atoms. The molecule has 2 fully saturated rings. The first-order chi connectivity index (χ1) is 6.72. The molecule has 0 aromatic heterocycles. The highest BCUT2D eigenvalue weighted by atomic mass is 19.1. The highest BCUT2D eigenvalue weighted by Gasteiger charge is 2.65. The smallest absolute Gasteiger partial charge is 0.310 e. The number of hydrogen-bond donors (Lipinski definition) is 0. The predicted octanol–water partition coefficient (Wildman–Crippen LogP) is 1.64. The van der Waals surface area contributed by atoms with Crippen LogP contribution in [-0.4, -0.2) is 12.6 Å². The number of hydrogen-bond acceptors (Lipinski definition) is 2. The molecular formula is C11H9FO2. The Kier molecular flexibility index (Phi) is 1.34. The zero-order chi connectivity index (χ0) is 9.76. The summed E-state index contributed by atoms with van der Waals surface area (Å²) in [5, 5.41) is 0. The third-order valence-electron chi connectivity index (χ3n) is 3.23. The van der Waals surface area contributed by atoms with Crippen LogP contribution in [0.5, 0.6) is 0 Å². The van der Waals surface area contributed by atoms with Crippen molar-refractivity contribution in [2.24, 2.45) is 5.92 Å². The Hall–Kier alpha value is -1.38. The number of cyclic esters (lactones) is 1. The van der Waals surface area contributed by atoms with Crippen molar-refractivity contribution in [1.82, 2.24) is 0 Å². The van der Waals surface area contributed by atoms with Gasteiger partial charge in [-0.3, -0.25) is 4.79 Å². The molecule has 1 aromatic rings. The normalized spacial score (nSPS) is 33.8. The fourth-order valence-corrected chi connectivity index (χ4v) is 2.27. The predicted molar refractivity (Wildman–Crippen MR) is 47.1 cm³/mol. The molecule has 2 aliphatic rings. The molecule has 1 unspecified atom stereocenters. The van der Waals surface area contributed by atoms with Crippen molar-refractivity contribution in [2.45, 2.75) is 11.8 Å². The topological polar surface area (TPSA) is 26.3 Å². The summed E-state index contributed by atoms with van der Waals surface area (Å²) in [7, 11) is 0. The number of benzene rings is 1. The number of esters is 1. The fraction of sp³-hybridized carbons (Fsp3) is 0.364. The Balaban J connectivity index is 2.01. The van der Waals surface area contributed by atoms with Gasteiger partial charge in [-0.1, -0.05) is 12.1 Å². The van der Waals surface area contributed by atoms with Crippen LogP contribution in [-0.2, 0) is 14.9 Å². The summed E-state index contributed by atoms with van der Waals surface area (Å²) in [6.07, 6.45) is 0.815. The van der Waals surface area contributed by atoms with E-state index in [1.54, 1.807) is 6.07 Å². The summed E-state index contributed by atoms with van der Waals surface area (Å²) in [5.41, 5.74) is 0.701. The second-order valence-corrected chi connectivity index (χ2v) is 4.03. The zero-order valence-electron chi connectivity index (χ0n) is 7.50. The van der Waals surface area contributed by atoms with Gasteiger partial charge in [-0.05, 0) is 24.1 Å². The first kappa shape index (κ1) is 7.97.